The maximum atomic E-state index is 2.47. The van der Waals surface area contributed by atoms with Crippen LogP contribution in [0.5, 0.6) is 0 Å². The molecule has 2 rings (SSSR count). The van der Waals surface area contributed by atoms with Crippen LogP contribution in [0.2, 0.25) is 0 Å². The molecule has 1 heterocycles. The third kappa shape index (κ3) is 1.87. The van der Waals surface area contributed by atoms with E-state index in [1.807, 2.05) is 0 Å². The third-order valence-electron chi connectivity index (χ3n) is 4.00. The molecule has 1 fully saturated rings. The second-order valence-corrected chi connectivity index (χ2v) is 5.37. The lowest BCUT2D eigenvalue weighted by atomic mass is 9.84. The maximum Gasteiger partial charge on any atom is 0.0524 e. The molecule has 2 nitrogen and oxygen atoms in total. The maximum absolute atomic E-state index is 2.47. The second-order valence-electron chi connectivity index (χ2n) is 5.37. The fourth-order valence-corrected chi connectivity index (χ4v) is 2.77. The molecule has 0 radical (unpaired) electrons. The Hall–Kier alpha value is -0.860. The Kier molecular flexibility index (Phi) is 3.04. The van der Waals surface area contributed by atoms with Crippen LogP contribution in [-0.4, -0.2) is 42.5 Å². The number of piperazine rings is 1. The van der Waals surface area contributed by atoms with Gasteiger partial charge >= 0.3 is 0 Å². The Morgan fingerprint density at radius 1 is 1.06 bits per heavy atom. The SMILES string of the molecule is CN1CCN(C)C(C)(C)C1c1ccccc1. The Balaban J connectivity index is 2.36. The van der Waals surface area contributed by atoms with Crippen LogP contribution >= 0.6 is 0 Å². The van der Waals surface area contributed by atoms with E-state index in [-0.39, 0.29) is 5.54 Å². The van der Waals surface area contributed by atoms with E-state index in [0.717, 1.165) is 13.1 Å². The van der Waals surface area contributed by atoms with Gasteiger partial charge in [-0.05, 0) is 33.5 Å². The van der Waals surface area contributed by atoms with Gasteiger partial charge in [-0.2, -0.15) is 0 Å². The second kappa shape index (κ2) is 4.19. The van der Waals surface area contributed by atoms with Crippen LogP contribution in [0.4, 0.5) is 0 Å². The minimum absolute atomic E-state index is 0.189. The predicted molar refractivity (Wildman–Crippen MR) is 68.5 cm³/mol. The minimum atomic E-state index is 0.189. The smallest absolute Gasteiger partial charge is 0.0524 e. The van der Waals surface area contributed by atoms with Crippen LogP contribution in [0.15, 0.2) is 30.3 Å². The van der Waals surface area contributed by atoms with E-state index in [9.17, 15) is 0 Å². The highest BCUT2D eigenvalue weighted by molar-refractivity contribution is 5.23. The summed E-state index contributed by atoms with van der Waals surface area (Å²) in [5, 5.41) is 0. The number of rotatable bonds is 1. The zero-order valence-corrected chi connectivity index (χ0v) is 10.8. The molecular formula is C14H22N2. The topological polar surface area (TPSA) is 6.48 Å². The van der Waals surface area contributed by atoms with E-state index in [1.54, 1.807) is 0 Å². The summed E-state index contributed by atoms with van der Waals surface area (Å²) in [6.07, 6.45) is 0. The summed E-state index contributed by atoms with van der Waals surface area (Å²) < 4.78 is 0. The van der Waals surface area contributed by atoms with Crippen molar-refractivity contribution in [2.45, 2.75) is 25.4 Å². The van der Waals surface area contributed by atoms with E-state index in [0.29, 0.717) is 6.04 Å². The number of hydrogen-bond acceptors (Lipinski definition) is 2. The first-order chi connectivity index (χ1) is 7.53. The van der Waals surface area contributed by atoms with Gasteiger partial charge in [0.2, 0.25) is 0 Å². The molecule has 1 aliphatic rings. The van der Waals surface area contributed by atoms with Gasteiger partial charge in [-0.3, -0.25) is 9.80 Å². The summed E-state index contributed by atoms with van der Waals surface area (Å²) in [6.45, 7) is 6.95. The summed E-state index contributed by atoms with van der Waals surface area (Å²) in [6, 6.07) is 11.3. The lowest BCUT2D eigenvalue weighted by molar-refractivity contribution is -0.00575. The molecule has 0 spiro atoms. The lowest BCUT2D eigenvalue weighted by Crippen LogP contribution is -2.58. The van der Waals surface area contributed by atoms with Gasteiger partial charge in [0.15, 0.2) is 0 Å². The molecule has 2 heteroatoms. The van der Waals surface area contributed by atoms with Crippen LogP contribution in [0, 0.1) is 0 Å². The fraction of sp³-hybridized carbons (Fsp3) is 0.571. The predicted octanol–water partition coefficient (Wildman–Crippen LogP) is 2.38. The molecule has 0 N–H and O–H groups in total. The van der Waals surface area contributed by atoms with Gasteiger partial charge in [0, 0.05) is 18.6 Å². The molecule has 0 aliphatic carbocycles. The van der Waals surface area contributed by atoms with Crippen LogP contribution in [0.25, 0.3) is 0 Å². The largest absolute Gasteiger partial charge is 0.298 e. The first-order valence-electron chi connectivity index (χ1n) is 6.00. The zero-order chi connectivity index (χ0) is 11.8. The highest BCUT2D eigenvalue weighted by Gasteiger charge is 2.40. The Morgan fingerprint density at radius 2 is 1.69 bits per heavy atom. The normalized spacial score (nSPS) is 26.9. The Morgan fingerprint density at radius 3 is 2.31 bits per heavy atom. The first-order valence-corrected chi connectivity index (χ1v) is 6.00. The van der Waals surface area contributed by atoms with Gasteiger partial charge in [0.25, 0.3) is 0 Å². The zero-order valence-electron chi connectivity index (χ0n) is 10.8. The fourth-order valence-electron chi connectivity index (χ4n) is 2.77. The average Bonchev–Trinajstić information content (AvgIpc) is 2.25. The van der Waals surface area contributed by atoms with Crippen LogP contribution in [-0.2, 0) is 0 Å². The van der Waals surface area contributed by atoms with Crippen molar-refractivity contribution in [1.82, 2.24) is 9.80 Å². The van der Waals surface area contributed by atoms with E-state index >= 15 is 0 Å². The van der Waals surface area contributed by atoms with Crippen molar-refractivity contribution < 1.29 is 0 Å². The summed E-state index contributed by atoms with van der Waals surface area (Å²) in [5.41, 5.74) is 1.61. The molecule has 0 bridgehead atoms. The van der Waals surface area contributed by atoms with E-state index in [4.69, 9.17) is 0 Å². The lowest BCUT2D eigenvalue weighted by Gasteiger charge is -2.51. The van der Waals surface area contributed by atoms with Crippen molar-refractivity contribution in [2.24, 2.45) is 0 Å². The van der Waals surface area contributed by atoms with Crippen molar-refractivity contribution in [1.29, 1.82) is 0 Å². The molecule has 16 heavy (non-hydrogen) atoms. The number of benzene rings is 1. The van der Waals surface area contributed by atoms with Crippen LogP contribution in [0.3, 0.4) is 0 Å². The standard InChI is InChI=1S/C14H22N2/c1-14(2)13(12-8-6-5-7-9-12)15(3)10-11-16(14)4/h5-9,13H,10-11H2,1-4H3. The number of likely N-dealkylation sites (N-methyl/N-ethyl adjacent to an activating group) is 2. The number of hydrogen-bond donors (Lipinski definition) is 0. The Bertz CT molecular complexity index is 345. The van der Waals surface area contributed by atoms with Gasteiger partial charge in [0.05, 0.1) is 6.04 Å². The van der Waals surface area contributed by atoms with Gasteiger partial charge in [-0.15, -0.1) is 0 Å². The summed E-state index contributed by atoms with van der Waals surface area (Å²) in [5.74, 6) is 0. The van der Waals surface area contributed by atoms with E-state index in [1.165, 1.54) is 5.56 Å². The molecule has 88 valence electrons. The van der Waals surface area contributed by atoms with Gasteiger partial charge in [-0.25, -0.2) is 0 Å². The van der Waals surface area contributed by atoms with Crippen molar-refractivity contribution >= 4 is 0 Å². The molecule has 0 aromatic heterocycles. The Labute approximate surface area is 98.9 Å². The molecule has 0 amide bonds. The highest BCUT2D eigenvalue weighted by atomic mass is 15.3. The van der Waals surface area contributed by atoms with Gasteiger partial charge in [-0.1, -0.05) is 30.3 Å². The first kappa shape index (κ1) is 11.6. The molecule has 1 aliphatic heterocycles. The summed E-state index contributed by atoms with van der Waals surface area (Å²) in [7, 11) is 4.45. The molecule has 1 saturated heterocycles. The minimum Gasteiger partial charge on any atom is -0.298 e. The van der Waals surface area contributed by atoms with Crippen LogP contribution in [0.1, 0.15) is 25.5 Å². The van der Waals surface area contributed by atoms with Crippen molar-refractivity contribution in [2.75, 3.05) is 27.2 Å². The van der Waals surface area contributed by atoms with E-state index < -0.39 is 0 Å². The van der Waals surface area contributed by atoms with Crippen molar-refractivity contribution in [3.05, 3.63) is 35.9 Å². The third-order valence-corrected chi connectivity index (χ3v) is 4.00. The molecule has 1 aromatic carbocycles. The highest BCUT2D eigenvalue weighted by Crippen LogP contribution is 2.37. The van der Waals surface area contributed by atoms with Gasteiger partial charge in [0.1, 0.15) is 0 Å². The van der Waals surface area contributed by atoms with Gasteiger partial charge < -0.3 is 0 Å². The van der Waals surface area contributed by atoms with Crippen molar-refractivity contribution in [3.8, 4) is 0 Å². The van der Waals surface area contributed by atoms with Crippen molar-refractivity contribution in [3.63, 3.8) is 0 Å². The van der Waals surface area contributed by atoms with E-state index in [2.05, 4.69) is 68.1 Å². The quantitative estimate of drug-likeness (QED) is 0.714. The summed E-state index contributed by atoms with van der Waals surface area (Å²) >= 11 is 0. The van der Waals surface area contributed by atoms with Crippen LogP contribution < -0.4 is 0 Å². The molecule has 1 unspecified atom stereocenters. The monoisotopic (exact) mass is 218 g/mol. The average molecular weight is 218 g/mol. The molecule has 0 saturated carbocycles. The molecule has 1 atom stereocenters. The molecular weight excluding hydrogens is 196 g/mol. The number of nitrogens with zero attached hydrogens (tertiary/aromatic N) is 2. The summed E-state index contributed by atoms with van der Waals surface area (Å²) in [4.78, 5) is 4.93. The molecule has 1 aromatic rings.